The molecule has 1 nitrogen and oxygen atoms in total. The predicted molar refractivity (Wildman–Crippen MR) is 73.7 cm³/mol. The molecule has 0 rings (SSSR count). The van der Waals surface area contributed by atoms with Crippen LogP contribution in [0.4, 0.5) is 0 Å². The number of rotatable bonds is 7. The van der Waals surface area contributed by atoms with Gasteiger partial charge in [-0.05, 0) is 44.1 Å². The molecule has 0 saturated heterocycles. The molecule has 0 aliphatic heterocycles. The number of hydrogen-bond acceptors (Lipinski definition) is 2. The van der Waals surface area contributed by atoms with E-state index in [1.54, 1.807) is 0 Å². The lowest BCUT2D eigenvalue weighted by atomic mass is 9.87. The van der Waals surface area contributed by atoms with Crippen LogP contribution in [0.25, 0.3) is 0 Å². The van der Waals surface area contributed by atoms with Gasteiger partial charge in [0.1, 0.15) is 0 Å². The summed E-state index contributed by atoms with van der Waals surface area (Å²) in [5.74, 6) is 2.44. The average molecular weight is 229 g/mol. The highest BCUT2D eigenvalue weighted by Crippen LogP contribution is 2.24. The first-order valence-corrected chi connectivity index (χ1v) is 6.95. The van der Waals surface area contributed by atoms with Gasteiger partial charge in [0.2, 0.25) is 0 Å². The van der Waals surface area contributed by atoms with E-state index in [9.17, 15) is 0 Å². The van der Waals surface area contributed by atoms with Gasteiger partial charge in [-0.1, -0.05) is 19.9 Å². The maximum Gasteiger partial charge on any atom is 0.00968 e. The smallest absolute Gasteiger partial charge is 0.00968 e. The molecule has 0 aromatic carbocycles. The lowest BCUT2D eigenvalue weighted by Gasteiger charge is -2.31. The first kappa shape index (κ1) is 15.0. The summed E-state index contributed by atoms with van der Waals surface area (Å²) in [6.07, 6.45) is 3.31. The molecule has 1 N–H and O–H groups in total. The summed E-state index contributed by atoms with van der Waals surface area (Å²) >= 11 is 2.01. The van der Waals surface area contributed by atoms with Gasteiger partial charge in [0.05, 0.1) is 0 Å². The number of hydrogen-bond donors (Lipinski definition) is 1. The molecule has 0 bridgehead atoms. The second-order valence-electron chi connectivity index (χ2n) is 5.41. The Morgan fingerprint density at radius 2 is 1.87 bits per heavy atom. The Morgan fingerprint density at radius 1 is 1.27 bits per heavy atom. The van der Waals surface area contributed by atoms with Crippen molar-refractivity contribution in [2.24, 2.45) is 5.41 Å². The Hall–Kier alpha value is 0.0500. The minimum Gasteiger partial charge on any atom is -0.311 e. The Kier molecular flexibility index (Phi) is 6.62. The summed E-state index contributed by atoms with van der Waals surface area (Å²) in [6, 6.07) is 0. The van der Waals surface area contributed by atoms with Crippen molar-refractivity contribution >= 4 is 11.8 Å². The van der Waals surface area contributed by atoms with Crippen LogP contribution in [0.2, 0.25) is 0 Å². The van der Waals surface area contributed by atoms with Gasteiger partial charge in [-0.2, -0.15) is 11.8 Å². The molecule has 1 atom stereocenters. The quantitative estimate of drug-likeness (QED) is 0.527. The largest absolute Gasteiger partial charge is 0.311 e. The molecule has 0 aliphatic rings. The van der Waals surface area contributed by atoms with Crippen molar-refractivity contribution in [3.63, 3.8) is 0 Å². The van der Waals surface area contributed by atoms with Crippen molar-refractivity contribution in [3.8, 4) is 0 Å². The van der Waals surface area contributed by atoms with Gasteiger partial charge in [-0.25, -0.2) is 0 Å². The van der Waals surface area contributed by atoms with Crippen molar-refractivity contribution in [3.05, 3.63) is 12.7 Å². The fraction of sp³-hybridized carbons (Fsp3) is 0.846. The van der Waals surface area contributed by atoms with E-state index in [0.717, 1.165) is 6.54 Å². The summed E-state index contributed by atoms with van der Waals surface area (Å²) in [4.78, 5) is 0. The van der Waals surface area contributed by atoms with Crippen LogP contribution in [-0.2, 0) is 0 Å². The first-order valence-electron chi connectivity index (χ1n) is 5.79. The van der Waals surface area contributed by atoms with Crippen molar-refractivity contribution < 1.29 is 0 Å². The summed E-state index contributed by atoms with van der Waals surface area (Å²) < 4.78 is 0. The van der Waals surface area contributed by atoms with Gasteiger partial charge < -0.3 is 5.32 Å². The van der Waals surface area contributed by atoms with Crippen molar-refractivity contribution in [1.82, 2.24) is 5.32 Å². The molecule has 0 aromatic rings. The highest BCUT2D eigenvalue weighted by Gasteiger charge is 2.22. The molecule has 2 heteroatoms. The molecular formula is C13H27NS. The van der Waals surface area contributed by atoms with Crippen LogP contribution in [0.15, 0.2) is 12.7 Å². The van der Waals surface area contributed by atoms with E-state index in [-0.39, 0.29) is 11.0 Å². The maximum absolute atomic E-state index is 3.96. The van der Waals surface area contributed by atoms with Crippen LogP contribution >= 0.6 is 11.8 Å². The minimum atomic E-state index is 0.197. The van der Waals surface area contributed by atoms with Crippen LogP contribution in [0, 0.1) is 5.41 Å². The van der Waals surface area contributed by atoms with E-state index < -0.39 is 0 Å². The van der Waals surface area contributed by atoms with Gasteiger partial charge >= 0.3 is 0 Å². The summed E-state index contributed by atoms with van der Waals surface area (Å²) in [7, 11) is 0. The van der Waals surface area contributed by atoms with Crippen LogP contribution < -0.4 is 5.32 Å². The van der Waals surface area contributed by atoms with Crippen molar-refractivity contribution in [1.29, 1.82) is 0 Å². The SMILES string of the molecule is C=CC(C)(CCSCC)CNC(C)(C)C. The Balaban J connectivity index is 4.01. The Morgan fingerprint density at radius 3 is 2.27 bits per heavy atom. The normalized spacial score (nSPS) is 16.1. The molecule has 0 radical (unpaired) electrons. The topological polar surface area (TPSA) is 12.0 Å². The zero-order chi connectivity index (χ0) is 11.9. The molecule has 15 heavy (non-hydrogen) atoms. The van der Waals surface area contributed by atoms with Crippen LogP contribution in [0.5, 0.6) is 0 Å². The van der Waals surface area contributed by atoms with Gasteiger partial charge in [-0.15, -0.1) is 6.58 Å². The minimum absolute atomic E-state index is 0.197. The van der Waals surface area contributed by atoms with Crippen LogP contribution in [0.1, 0.15) is 41.0 Å². The van der Waals surface area contributed by atoms with Crippen molar-refractivity contribution in [2.45, 2.75) is 46.6 Å². The second-order valence-corrected chi connectivity index (χ2v) is 6.80. The molecular weight excluding hydrogens is 202 g/mol. The average Bonchev–Trinajstić information content (AvgIpc) is 2.14. The third-order valence-corrected chi connectivity index (χ3v) is 3.44. The monoisotopic (exact) mass is 229 g/mol. The zero-order valence-corrected chi connectivity index (χ0v) is 11.8. The third kappa shape index (κ3) is 7.92. The van der Waals surface area contributed by atoms with E-state index in [1.807, 2.05) is 11.8 Å². The second kappa shape index (κ2) is 6.59. The molecule has 0 saturated carbocycles. The predicted octanol–water partition coefficient (Wildman–Crippen LogP) is 3.71. The molecule has 0 spiro atoms. The lowest BCUT2D eigenvalue weighted by molar-refractivity contribution is 0.318. The van der Waals surface area contributed by atoms with Crippen molar-refractivity contribution in [2.75, 3.05) is 18.1 Å². The first-order chi connectivity index (χ1) is 6.83. The van der Waals surface area contributed by atoms with Gasteiger partial charge in [0, 0.05) is 12.1 Å². The van der Waals surface area contributed by atoms with E-state index in [4.69, 9.17) is 0 Å². The molecule has 0 fully saturated rings. The van der Waals surface area contributed by atoms with E-state index >= 15 is 0 Å². The van der Waals surface area contributed by atoms with Crippen LogP contribution in [-0.4, -0.2) is 23.6 Å². The molecule has 0 aliphatic carbocycles. The Bertz CT molecular complexity index is 183. The number of nitrogens with one attached hydrogen (secondary N) is 1. The van der Waals surface area contributed by atoms with E-state index in [2.05, 4.69) is 52.6 Å². The van der Waals surface area contributed by atoms with Crippen LogP contribution in [0.3, 0.4) is 0 Å². The Labute approximate surface area is 100 Å². The molecule has 0 aromatic heterocycles. The zero-order valence-electron chi connectivity index (χ0n) is 11.0. The fourth-order valence-corrected chi connectivity index (χ4v) is 2.08. The maximum atomic E-state index is 3.96. The van der Waals surface area contributed by atoms with Gasteiger partial charge in [-0.3, -0.25) is 0 Å². The highest BCUT2D eigenvalue weighted by molar-refractivity contribution is 7.99. The van der Waals surface area contributed by atoms with Gasteiger partial charge in [0.15, 0.2) is 0 Å². The summed E-state index contributed by atoms with van der Waals surface area (Å²) in [5, 5.41) is 3.56. The molecule has 0 amide bonds. The standard InChI is InChI=1S/C13H27NS/c1-7-13(6,9-10-15-8-2)11-14-12(3,4)5/h7,14H,1,8-11H2,2-6H3. The molecule has 0 heterocycles. The molecule has 1 unspecified atom stereocenters. The highest BCUT2D eigenvalue weighted by atomic mass is 32.2. The fourth-order valence-electron chi connectivity index (χ4n) is 1.18. The number of thioether (sulfide) groups is 1. The molecule has 90 valence electrons. The summed E-state index contributed by atoms with van der Waals surface area (Å²) in [6.45, 7) is 16.1. The van der Waals surface area contributed by atoms with E-state index in [1.165, 1.54) is 17.9 Å². The third-order valence-electron chi connectivity index (χ3n) is 2.54. The summed E-state index contributed by atoms with van der Waals surface area (Å²) in [5.41, 5.74) is 0.428. The van der Waals surface area contributed by atoms with E-state index in [0.29, 0.717) is 0 Å². The lowest BCUT2D eigenvalue weighted by Crippen LogP contribution is -2.42. The van der Waals surface area contributed by atoms with Gasteiger partial charge in [0.25, 0.3) is 0 Å².